The van der Waals surface area contributed by atoms with Crippen molar-refractivity contribution in [2.75, 3.05) is 15.5 Å². The first-order valence-corrected chi connectivity index (χ1v) is 13.9. The molecular formula is C32H29N5O4. The molecule has 0 bridgehead atoms. The van der Waals surface area contributed by atoms with Crippen molar-refractivity contribution >= 4 is 51.6 Å². The highest BCUT2D eigenvalue weighted by molar-refractivity contribution is 6.26. The Kier molecular flexibility index (Phi) is 5.62. The van der Waals surface area contributed by atoms with Gasteiger partial charge in [0.15, 0.2) is 0 Å². The minimum absolute atomic E-state index is 0.217. The average molecular weight is 548 g/mol. The Morgan fingerprint density at radius 1 is 0.951 bits per heavy atom. The number of aromatic amines is 1. The number of aromatic nitrogens is 1. The van der Waals surface area contributed by atoms with E-state index in [-0.39, 0.29) is 17.7 Å². The molecule has 0 saturated carbocycles. The number of amides is 4. The quantitative estimate of drug-likeness (QED) is 0.283. The van der Waals surface area contributed by atoms with Gasteiger partial charge < -0.3 is 15.6 Å². The zero-order chi connectivity index (χ0) is 28.5. The Balaban J connectivity index is 1.34. The molecule has 0 radical (unpaired) electrons. The van der Waals surface area contributed by atoms with E-state index < -0.39 is 29.3 Å². The van der Waals surface area contributed by atoms with Crippen LogP contribution in [0.15, 0.2) is 72.9 Å². The molecule has 9 nitrogen and oxygen atoms in total. The van der Waals surface area contributed by atoms with Crippen LogP contribution in [-0.2, 0) is 37.6 Å². The highest BCUT2D eigenvalue weighted by Gasteiger charge is 2.70. The third-order valence-electron chi connectivity index (χ3n) is 8.78. The predicted octanol–water partition coefficient (Wildman–Crippen LogP) is 3.86. The summed E-state index contributed by atoms with van der Waals surface area (Å²) < 4.78 is 0. The van der Waals surface area contributed by atoms with Gasteiger partial charge in [-0.15, -0.1) is 0 Å². The van der Waals surface area contributed by atoms with Crippen molar-refractivity contribution in [1.29, 1.82) is 0 Å². The summed E-state index contributed by atoms with van der Waals surface area (Å²) in [6.07, 6.45) is 3.10. The van der Waals surface area contributed by atoms with Gasteiger partial charge in [0, 0.05) is 47.0 Å². The van der Waals surface area contributed by atoms with Gasteiger partial charge in [-0.3, -0.25) is 24.5 Å². The number of rotatable bonds is 5. The lowest BCUT2D eigenvalue weighted by Crippen LogP contribution is -2.53. The van der Waals surface area contributed by atoms with Gasteiger partial charge in [-0.2, -0.15) is 0 Å². The van der Waals surface area contributed by atoms with Gasteiger partial charge in [-0.25, -0.2) is 4.90 Å². The number of hydrogen-bond acceptors (Lipinski definition) is 5. The zero-order valence-corrected chi connectivity index (χ0v) is 22.7. The van der Waals surface area contributed by atoms with Crippen molar-refractivity contribution in [3.63, 3.8) is 0 Å². The van der Waals surface area contributed by atoms with E-state index in [9.17, 15) is 19.2 Å². The van der Waals surface area contributed by atoms with Crippen LogP contribution in [-0.4, -0.2) is 34.7 Å². The topological polar surface area (TPSA) is 123 Å². The minimum atomic E-state index is -1.38. The van der Waals surface area contributed by atoms with Gasteiger partial charge in [-0.05, 0) is 54.3 Å². The highest BCUT2D eigenvalue weighted by Crippen LogP contribution is 2.54. The summed E-state index contributed by atoms with van der Waals surface area (Å²) in [6.45, 7) is 3.44. The second-order valence-corrected chi connectivity index (χ2v) is 11.0. The number of carbonyl (C=O) groups excluding carboxylic acids is 4. The third kappa shape index (κ3) is 3.58. The molecular weight excluding hydrogens is 518 g/mol. The van der Waals surface area contributed by atoms with Crippen LogP contribution in [0, 0.1) is 11.8 Å². The van der Waals surface area contributed by atoms with E-state index in [0.29, 0.717) is 29.8 Å². The summed E-state index contributed by atoms with van der Waals surface area (Å²) in [5.74, 6) is -2.96. The summed E-state index contributed by atoms with van der Waals surface area (Å²) in [5.41, 5.74) is 4.00. The standard InChI is InChI=1S/C32H29N5O4/c1-3-18-7-6-9-23-28(18)35-31(41)32(23)27-26(25(36-32)15-19-16-33-24-10-5-4-8-22(19)24)29(39)37(30(27)40)21-13-11-20(12-14-21)34-17(2)38/h4-14,16,25-27,33,36H,3,15H2,1-2H3,(H,34,38)(H,35,41)/t25-,26+,27-,32-/m0/s1. The number of anilines is 3. The molecule has 4 amide bonds. The van der Waals surface area contributed by atoms with E-state index in [4.69, 9.17) is 0 Å². The first-order chi connectivity index (χ1) is 19.8. The molecule has 3 aromatic carbocycles. The van der Waals surface area contributed by atoms with E-state index in [1.165, 1.54) is 11.8 Å². The minimum Gasteiger partial charge on any atom is -0.361 e. The Labute approximate surface area is 236 Å². The van der Waals surface area contributed by atoms with Crippen LogP contribution in [0.25, 0.3) is 10.9 Å². The number of fused-ring (bicyclic) bond motifs is 5. The molecule has 1 spiro atoms. The van der Waals surface area contributed by atoms with Gasteiger partial charge >= 0.3 is 0 Å². The molecule has 3 aliphatic heterocycles. The Morgan fingerprint density at radius 2 is 1.73 bits per heavy atom. The molecule has 4 heterocycles. The smallest absolute Gasteiger partial charge is 0.250 e. The molecule has 1 aromatic heterocycles. The molecule has 0 unspecified atom stereocenters. The third-order valence-corrected chi connectivity index (χ3v) is 8.78. The number of nitrogens with one attached hydrogen (secondary N) is 4. The summed E-state index contributed by atoms with van der Waals surface area (Å²) >= 11 is 0. The highest BCUT2D eigenvalue weighted by atomic mass is 16.2. The summed E-state index contributed by atoms with van der Waals surface area (Å²) in [6, 6.07) is 19.9. The molecule has 4 atom stereocenters. The van der Waals surface area contributed by atoms with Crippen LogP contribution < -0.4 is 20.9 Å². The maximum Gasteiger partial charge on any atom is 0.250 e. The van der Waals surface area contributed by atoms with Gasteiger partial charge in [0.1, 0.15) is 5.54 Å². The number of aryl methyl sites for hydroxylation is 1. The van der Waals surface area contributed by atoms with Crippen molar-refractivity contribution in [3.8, 4) is 0 Å². The number of hydrogen-bond donors (Lipinski definition) is 4. The van der Waals surface area contributed by atoms with Gasteiger partial charge in [0.25, 0.3) is 0 Å². The average Bonchev–Trinajstić information content (AvgIpc) is 3.67. The number of imide groups is 1. The second kappa shape index (κ2) is 9.14. The van der Waals surface area contributed by atoms with E-state index in [0.717, 1.165) is 27.7 Å². The van der Waals surface area contributed by atoms with Crippen LogP contribution in [0.4, 0.5) is 17.1 Å². The lowest BCUT2D eigenvalue weighted by molar-refractivity contribution is -0.130. The second-order valence-electron chi connectivity index (χ2n) is 11.0. The molecule has 2 fully saturated rings. The molecule has 206 valence electrons. The monoisotopic (exact) mass is 547 g/mol. The van der Waals surface area contributed by atoms with Gasteiger partial charge in [-0.1, -0.05) is 43.3 Å². The van der Waals surface area contributed by atoms with Crippen molar-refractivity contribution in [3.05, 3.63) is 89.6 Å². The van der Waals surface area contributed by atoms with E-state index in [2.05, 4.69) is 20.9 Å². The molecule has 4 N–H and O–H groups in total. The lowest BCUT2D eigenvalue weighted by atomic mass is 9.76. The van der Waals surface area contributed by atoms with Gasteiger partial charge in [0.05, 0.1) is 17.5 Å². The molecule has 9 heteroatoms. The summed E-state index contributed by atoms with van der Waals surface area (Å²) in [5, 5.41) is 10.4. The van der Waals surface area contributed by atoms with E-state index >= 15 is 0 Å². The first-order valence-electron chi connectivity index (χ1n) is 13.9. The first kappa shape index (κ1) is 25.2. The lowest BCUT2D eigenvalue weighted by Gasteiger charge is -2.29. The van der Waals surface area contributed by atoms with Crippen molar-refractivity contribution < 1.29 is 19.2 Å². The van der Waals surface area contributed by atoms with Crippen LogP contribution >= 0.6 is 0 Å². The number of carbonyl (C=O) groups is 4. The number of benzene rings is 3. The molecule has 4 aromatic rings. The fourth-order valence-corrected chi connectivity index (χ4v) is 7.05. The Hall–Kier alpha value is -4.76. The Morgan fingerprint density at radius 3 is 2.49 bits per heavy atom. The van der Waals surface area contributed by atoms with Gasteiger partial charge in [0.2, 0.25) is 23.6 Å². The fourth-order valence-electron chi connectivity index (χ4n) is 7.05. The largest absolute Gasteiger partial charge is 0.361 e. The van der Waals surface area contributed by atoms with Crippen LogP contribution in [0.5, 0.6) is 0 Å². The van der Waals surface area contributed by atoms with Crippen molar-refractivity contribution in [2.24, 2.45) is 11.8 Å². The number of para-hydroxylation sites is 2. The Bertz CT molecular complexity index is 1760. The molecule has 0 aliphatic carbocycles. The maximum absolute atomic E-state index is 14.3. The fraction of sp³-hybridized carbons (Fsp3) is 0.250. The molecule has 41 heavy (non-hydrogen) atoms. The molecule has 7 rings (SSSR count). The van der Waals surface area contributed by atoms with E-state index in [1.807, 2.05) is 55.6 Å². The van der Waals surface area contributed by atoms with Crippen LogP contribution in [0.2, 0.25) is 0 Å². The summed E-state index contributed by atoms with van der Waals surface area (Å²) in [4.78, 5) is 58.5. The summed E-state index contributed by atoms with van der Waals surface area (Å²) in [7, 11) is 0. The maximum atomic E-state index is 14.3. The molecule has 2 saturated heterocycles. The number of nitrogens with zero attached hydrogens (tertiary/aromatic N) is 1. The van der Waals surface area contributed by atoms with Crippen LogP contribution in [0.3, 0.4) is 0 Å². The van der Waals surface area contributed by atoms with E-state index in [1.54, 1.807) is 24.3 Å². The predicted molar refractivity (Wildman–Crippen MR) is 155 cm³/mol. The number of H-pyrrole nitrogens is 1. The van der Waals surface area contributed by atoms with Crippen molar-refractivity contribution in [1.82, 2.24) is 10.3 Å². The van der Waals surface area contributed by atoms with Crippen molar-refractivity contribution in [2.45, 2.75) is 38.3 Å². The molecule has 3 aliphatic rings. The SMILES string of the molecule is CCc1cccc2c1NC(=O)[C@]21N[C@@H](Cc2c[nH]c3ccccc23)[C@H]2C(=O)N(c3ccc(NC(C)=O)cc3)C(=O)[C@H]21. The van der Waals surface area contributed by atoms with Crippen LogP contribution in [0.1, 0.15) is 30.5 Å². The zero-order valence-electron chi connectivity index (χ0n) is 22.7. The normalized spacial score (nSPS) is 24.7.